The highest BCUT2D eigenvalue weighted by Gasteiger charge is 2.26. The number of nitrogens with one attached hydrogen (secondary N) is 1. The summed E-state index contributed by atoms with van der Waals surface area (Å²) in [6, 6.07) is 4.25. The lowest BCUT2D eigenvalue weighted by Gasteiger charge is -2.31. The van der Waals surface area contributed by atoms with E-state index < -0.39 is 0 Å². The summed E-state index contributed by atoms with van der Waals surface area (Å²) in [4.78, 5) is 0. The summed E-state index contributed by atoms with van der Waals surface area (Å²) in [5.41, 5.74) is 2.48. The fraction of sp³-hybridized carbons (Fsp3) is 0.571. The molecule has 1 aliphatic rings. The van der Waals surface area contributed by atoms with Gasteiger partial charge in [0.2, 0.25) is 0 Å². The predicted molar refractivity (Wildman–Crippen MR) is 70.2 cm³/mol. The summed E-state index contributed by atoms with van der Waals surface area (Å²) in [5.74, 6) is 1.70. The van der Waals surface area contributed by atoms with Crippen molar-refractivity contribution < 1.29 is 14.6 Å². The Bertz CT molecular complexity index is 420. The van der Waals surface area contributed by atoms with E-state index in [9.17, 15) is 5.11 Å². The number of hydrogen-bond acceptors (Lipinski definition) is 4. The maximum atomic E-state index is 9.34. The van der Waals surface area contributed by atoms with Gasteiger partial charge < -0.3 is 19.9 Å². The van der Waals surface area contributed by atoms with Gasteiger partial charge in [0.1, 0.15) is 0 Å². The number of hydrogen-bond donors (Lipinski definition) is 2. The van der Waals surface area contributed by atoms with Crippen molar-refractivity contribution in [2.45, 2.75) is 19.4 Å². The number of benzene rings is 1. The van der Waals surface area contributed by atoms with Crippen molar-refractivity contribution in [2.75, 3.05) is 27.4 Å². The maximum Gasteiger partial charge on any atom is 0.161 e. The lowest BCUT2D eigenvalue weighted by Crippen LogP contribution is -2.35. The second kappa shape index (κ2) is 5.59. The molecule has 0 saturated carbocycles. The molecule has 0 radical (unpaired) electrons. The molecule has 0 spiro atoms. The van der Waals surface area contributed by atoms with Crippen molar-refractivity contribution in [3.05, 3.63) is 23.3 Å². The minimum Gasteiger partial charge on any atom is -0.493 e. The van der Waals surface area contributed by atoms with Crippen LogP contribution in [0.3, 0.4) is 0 Å². The molecule has 0 unspecified atom stereocenters. The Balaban J connectivity index is 2.43. The molecule has 0 bridgehead atoms. The van der Waals surface area contributed by atoms with Crippen LogP contribution in [0, 0.1) is 5.92 Å². The molecule has 0 saturated heterocycles. The highest BCUT2D eigenvalue weighted by molar-refractivity contribution is 5.49. The molecule has 18 heavy (non-hydrogen) atoms. The third kappa shape index (κ3) is 2.31. The van der Waals surface area contributed by atoms with Crippen LogP contribution in [0.25, 0.3) is 0 Å². The van der Waals surface area contributed by atoms with Crippen molar-refractivity contribution in [2.24, 2.45) is 5.92 Å². The first-order valence-corrected chi connectivity index (χ1v) is 6.30. The smallest absolute Gasteiger partial charge is 0.161 e. The van der Waals surface area contributed by atoms with Gasteiger partial charge in [-0.1, -0.05) is 6.92 Å². The Labute approximate surface area is 108 Å². The largest absolute Gasteiger partial charge is 0.493 e. The van der Waals surface area contributed by atoms with Crippen LogP contribution in [0.1, 0.15) is 24.1 Å². The molecule has 0 amide bonds. The van der Waals surface area contributed by atoms with Gasteiger partial charge in [0, 0.05) is 12.6 Å². The van der Waals surface area contributed by atoms with Crippen molar-refractivity contribution in [3.8, 4) is 11.5 Å². The third-order valence-corrected chi connectivity index (χ3v) is 3.60. The molecule has 0 aliphatic carbocycles. The van der Waals surface area contributed by atoms with Gasteiger partial charge >= 0.3 is 0 Å². The zero-order valence-corrected chi connectivity index (χ0v) is 11.2. The van der Waals surface area contributed by atoms with Gasteiger partial charge in [-0.15, -0.1) is 0 Å². The molecule has 4 nitrogen and oxygen atoms in total. The molecule has 1 aromatic rings. The normalized spacial score (nSPS) is 20.1. The lowest BCUT2D eigenvalue weighted by atomic mass is 9.87. The summed E-state index contributed by atoms with van der Waals surface area (Å²) in [7, 11) is 3.30. The predicted octanol–water partition coefficient (Wildman–Crippen LogP) is 1.52. The second-order valence-corrected chi connectivity index (χ2v) is 4.75. The number of rotatable bonds is 4. The second-order valence-electron chi connectivity index (χ2n) is 4.75. The van der Waals surface area contributed by atoms with Gasteiger partial charge in [0.25, 0.3) is 0 Å². The zero-order chi connectivity index (χ0) is 13.1. The van der Waals surface area contributed by atoms with Crippen LogP contribution in [0.2, 0.25) is 0 Å². The molecule has 1 heterocycles. The van der Waals surface area contributed by atoms with E-state index in [0.29, 0.717) is 0 Å². The Morgan fingerprint density at radius 2 is 2.00 bits per heavy atom. The van der Waals surface area contributed by atoms with E-state index >= 15 is 0 Å². The van der Waals surface area contributed by atoms with Crippen molar-refractivity contribution >= 4 is 0 Å². The summed E-state index contributed by atoms with van der Waals surface area (Å²) in [6.45, 7) is 3.15. The summed E-state index contributed by atoms with van der Waals surface area (Å²) >= 11 is 0. The van der Waals surface area contributed by atoms with Crippen LogP contribution in [0.15, 0.2) is 12.1 Å². The zero-order valence-electron chi connectivity index (χ0n) is 11.2. The van der Waals surface area contributed by atoms with Gasteiger partial charge in [-0.2, -0.15) is 0 Å². The van der Waals surface area contributed by atoms with E-state index in [-0.39, 0.29) is 18.6 Å². The fourth-order valence-corrected chi connectivity index (χ4v) is 2.53. The molecule has 2 atom stereocenters. The van der Waals surface area contributed by atoms with Crippen molar-refractivity contribution in [3.63, 3.8) is 0 Å². The average molecular weight is 251 g/mol. The summed E-state index contributed by atoms with van der Waals surface area (Å²) in [5, 5.41) is 12.8. The third-order valence-electron chi connectivity index (χ3n) is 3.60. The highest BCUT2D eigenvalue weighted by Crippen LogP contribution is 2.37. The molecule has 2 rings (SSSR count). The van der Waals surface area contributed by atoms with E-state index in [2.05, 4.69) is 5.32 Å². The quantitative estimate of drug-likeness (QED) is 0.852. The van der Waals surface area contributed by atoms with Crippen molar-refractivity contribution in [1.82, 2.24) is 5.32 Å². The monoisotopic (exact) mass is 251 g/mol. The standard InChI is InChI=1S/C14H21NO3/c1-9(8-16)14-11-7-13(18-3)12(17-2)6-10(11)4-5-15-14/h6-7,9,14-16H,4-5,8H2,1-3H3/t9-,14-/m1/s1. The first-order chi connectivity index (χ1) is 8.71. The molecule has 0 aromatic heterocycles. The van der Waals surface area contributed by atoms with Gasteiger partial charge in [0.05, 0.1) is 14.2 Å². The van der Waals surface area contributed by atoms with E-state index in [0.717, 1.165) is 24.5 Å². The Morgan fingerprint density at radius 1 is 1.33 bits per heavy atom. The van der Waals surface area contributed by atoms with Gasteiger partial charge in [-0.25, -0.2) is 0 Å². The van der Waals surface area contributed by atoms with Crippen molar-refractivity contribution in [1.29, 1.82) is 0 Å². The summed E-state index contributed by atoms with van der Waals surface area (Å²) in [6.07, 6.45) is 0.977. The van der Waals surface area contributed by atoms with Crippen LogP contribution < -0.4 is 14.8 Å². The van der Waals surface area contributed by atoms with Crippen LogP contribution in [0.4, 0.5) is 0 Å². The topological polar surface area (TPSA) is 50.7 Å². The average Bonchev–Trinajstić information content (AvgIpc) is 2.44. The molecule has 0 fully saturated rings. The SMILES string of the molecule is COc1cc2c(cc1OC)[C@@H]([C@H](C)CO)NCC2. The Morgan fingerprint density at radius 3 is 2.61 bits per heavy atom. The van der Waals surface area contributed by atoms with Crippen LogP contribution in [-0.4, -0.2) is 32.5 Å². The van der Waals surface area contributed by atoms with Crippen LogP contribution in [0.5, 0.6) is 11.5 Å². The number of aliphatic hydroxyl groups is 1. The Kier molecular flexibility index (Phi) is 4.09. The van der Waals surface area contributed by atoms with E-state index in [1.807, 2.05) is 19.1 Å². The van der Waals surface area contributed by atoms with Crippen LogP contribution in [-0.2, 0) is 6.42 Å². The molecule has 4 heteroatoms. The number of methoxy groups -OCH3 is 2. The first kappa shape index (κ1) is 13.2. The molecular weight excluding hydrogens is 230 g/mol. The minimum atomic E-state index is 0.172. The van der Waals surface area contributed by atoms with Gasteiger partial charge in [-0.05, 0) is 42.1 Å². The molecule has 1 aromatic carbocycles. The first-order valence-electron chi connectivity index (χ1n) is 6.30. The van der Waals surface area contributed by atoms with Gasteiger partial charge in [-0.3, -0.25) is 0 Å². The lowest BCUT2D eigenvalue weighted by molar-refractivity contribution is 0.199. The Hall–Kier alpha value is -1.26. The number of ether oxygens (including phenoxy) is 2. The fourth-order valence-electron chi connectivity index (χ4n) is 2.53. The van der Waals surface area contributed by atoms with E-state index in [1.54, 1.807) is 14.2 Å². The minimum absolute atomic E-state index is 0.172. The van der Waals surface area contributed by atoms with Crippen LogP contribution >= 0.6 is 0 Å². The molecule has 1 aliphatic heterocycles. The molecule has 100 valence electrons. The molecular formula is C14H21NO3. The van der Waals surface area contributed by atoms with E-state index in [4.69, 9.17) is 9.47 Å². The maximum absolute atomic E-state index is 9.34. The number of fused-ring (bicyclic) bond motifs is 1. The van der Waals surface area contributed by atoms with E-state index in [1.165, 1.54) is 11.1 Å². The highest BCUT2D eigenvalue weighted by atomic mass is 16.5. The van der Waals surface area contributed by atoms with Gasteiger partial charge in [0.15, 0.2) is 11.5 Å². The molecule has 2 N–H and O–H groups in total. The number of aliphatic hydroxyl groups excluding tert-OH is 1. The summed E-state index contributed by atoms with van der Waals surface area (Å²) < 4.78 is 10.7.